The summed E-state index contributed by atoms with van der Waals surface area (Å²) in [5.41, 5.74) is -0.392. The Bertz CT molecular complexity index is 324. The number of nitrogens with zero attached hydrogens (tertiary/aromatic N) is 1. The molecule has 1 amide bonds. The molecular weight excluding hydrogens is 252 g/mol. The maximum Gasteiger partial charge on any atom is 0.410 e. The predicted molar refractivity (Wildman–Crippen MR) is 80.7 cm³/mol. The van der Waals surface area contributed by atoms with Crippen molar-refractivity contribution in [3.63, 3.8) is 0 Å². The van der Waals surface area contributed by atoms with Crippen LogP contribution in [0, 0.1) is 11.8 Å². The van der Waals surface area contributed by atoms with E-state index >= 15 is 0 Å². The van der Waals surface area contributed by atoms with Crippen molar-refractivity contribution >= 4 is 6.09 Å². The lowest BCUT2D eigenvalue weighted by atomic mass is 9.81. The highest BCUT2D eigenvalue weighted by Gasteiger charge is 2.29. The Morgan fingerprint density at radius 1 is 1.25 bits per heavy atom. The predicted octanol–water partition coefficient (Wildman–Crippen LogP) is 3.02. The van der Waals surface area contributed by atoms with Gasteiger partial charge < -0.3 is 15.0 Å². The van der Waals surface area contributed by atoms with Crippen molar-refractivity contribution in [2.75, 3.05) is 19.6 Å². The molecule has 0 spiro atoms. The van der Waals surface area contributed by atoms with E-state index in [2.05, 4.69) is 12.2 Å². The fraction of sp³-hybridized carbons (Fsp3) is 0.938. The van der Waals surface area contributed by atoms with Gasteiger partial charge in [0.1, 0.15) is 5.60 Å². The average Bonchev–Trinajstić information content (AvgIpc) is 2.32. The third-order valence-corrected chi connectivity index (χ3v) is 4.34. The van der Waals surface area contributed by atoms with Crippen LogP contribution in [0.4, 0.5) is 4.79 Å². The SMILES string of the molecule is CC1CC(NCC2CCN(C(=O)OC(C)(C)C)CC2)C1. The summed E-state index contributed by atoms with van der Waals surface area (Å²) in [5, 5.41) is 3.67. The van der Waals surface area contributed by atoms with Crippen LogP contribution in [0.25, 0.3) is 0 Å². The van der Waals surface area contributed by atoms with E-state index in [1.165, 1.54) is 12.8 Å². The van der Waals surface area contributed by atoms with Gasteiger partial charge in [-0.05, 0) is 64.8 Å². The Kier molecular flexibility index (Phi) is 4.95. The van der Waals surface area contributed by atoms with Crippen molar-refractivity contribution in [3.8, 4) is 0 Å². The minimum atomic E-state index is -0.392. The van der Waals surface area contributed by atoms with Gasteiger partial charge >= 0.3 is 6.09 Å². The van der Waals surface area contributed by atoms with Crippen LogP contribution in [-0.4, -0.2) is 42.3 Å². The van der Waals surface area contributed by atoms with Crippen molar-refractivity contribution in [1.29, 1.82) is 0 Å². The fourth-order valence-corrected chi connectivity index (χ4v) is 3.05. The molecule has 0 bridgehead atoms. The number of piperidine rings is 1. The molecule has 1 aliphatic heterocycles. The quantitative estimate of drug-likeness (QED) is 0.865. The van der Waals surface area contributed by atoms with Crippen LogP contribution in [0.3, 0.4) is 0 Å². The standard InChI is InChI=1S/C16H30N2O2/c1-12-9-14(10-12)17-11-13-5-7-18(8-6-13)15(19)20-16(2,3)4/h12-14,17H,5-11H2,1-4H3. The van der Waals surface area contributed by atoms with E-state index in [1.807, 2.05) is 25.7 Å². The first-order valence-corrected chi connectivity index (χ1v) is 8.05. The second-order valence-corrected chi connectivity index (χ2v) is 7.59. The molecule has 2 aliphatic rings. The maximum atomic E-state index is 12.0. The van der Waals surface area contributed by atoms with Gasteiger partial charge in [0, 0.05) is 19.1 Å². The minimum Gasteiger partial charge on any atom is -0.444 e. The molecule has 0 unspecified atom stereocenters. The van der Waals surface area contributed by atoms with Crippen molar-refractivity contribution in [2.24, 2.45) is 11.8 Å². The van der Waals surface area contributed by atoms with E-state index in [0.29, 0.717) is 5.92 Å². The third-order valence-electron chi connectivity index (χ3n) is 4.34. The Balaban J connectivity index is 1.63. The highest BCUT2D eigenvalue weighted by molar-refractivity contribution is 5.68. The summed E-state index contributed by atoms with van der Waals surface area (Å²) in [6.07, 6.45) is 4.69. The van der Waals surface area contributed by atoms with Gasteiger partial charge in [-0.3, -0.25) is 0 Å². The van der Waals surface area contributed by atoms with Crippen LogP contribution in [0.2, 0.25) is 0 Å². The molecule has 0 aromatic carbocycles. The highest BCUT2D eigenvalue weighted by atomic mass is 16.6. The number of likely N-dealkylation sites (tertiary alicyclic amines) is 1. The van der Waals surface area contributed by atoms with Gasteiger partial charge in [0.25, 0.3) is 0 Å². The fourth-order valence-electron chi connectivity index (χ4n) is 3.05. The molecule has 1 saturated carbocycles. The number of rotatable bonds is 3. The Hall–Kier alpha value is -0.770. The molecule has 0 atom stereocenters. The number of hydrogen-bond acceptors (Lipinski definition) is 3. The first kappa shape index (κ1) is 15.6. The second kappa shape index (κ2) is 6.33. The minimum absolute atomic E-state index is 0.156. The Morgan fingerprint density at radius 3 is 2.35 bits per heavy atom. The molecule has 0 aromatic rings. The van der Waals surface area contributed by atoms with E-state index in [9.17, 15) is 4.79 Å². The van der Waals surface area contributed by atoms with Crippen LogP contribution < -0.4 is 5.32 Å². The van der Waals surface area contributed by atoms with Crippen LogP contribution in [0.15, 0.2) is 0 Å². The molecular formula is C16H30N2O2. The average molecular weight is 282 g/mol. The zero-order chi connectivity index (χ0) is 14.8. The van der Waals surface area contributed by atoms with Gasteiger partial charge in [-0.2, -0.15) is 0 Å². The Morgan fingerprint density at radius 2 is 1.85 bits per heavy atom. The lowest BCUT2D eigenvalue weighted by Crippen LogP contribution is -2.46. The number of hydrogen-bond donors (Lipinski definition) is 1. The number of carbonyl (C=O) groups excluding carboxylic acids is 1. The first-order chi connectivity index (χ1) is 9.33. The van der Waals surface area contributed by atoms with Crippen LogP contribution in [-0.2, 0) is 4.74 Å². The van der Waals surface area contributed by atoms with Crippen LogP contribution >= 0.6 is 0 Å². The molecule has 1 heterocycles. The normalized spacial score (nSPS) is 28.1. The van der Waals surface area contributed by atoms with Crippen LogP contribution in [0.5, 0.6) is 0 Å². The largest absolute Gasteiger partial charge is 0.444 e. The van der Waals surface area contributed by atoms with Crippen LogP contribution in [0.1, 0.15) is 53.4 Å². The molecule has 1 N–H and O–H groups in total. The summed E-state index contributed by atoms with van der Waals surface area (Å²) < 4.78 is 5.42. The number of amides is 1. The summed E-state index contributed by atoms with van der Waals surface area (Å²) in [6.45, 7) is 10.9. The van der Waals surface area contributed by atoms with E-state index in [-0.39, 0.29) is 6.09 Å². The van der Waals surface area contributed by atoms with Gasteiger partial charge in [0.2, 0.25) is 0 Å². The highest BCUT2D eigenvalue weighted by Crippen LogP contribution is 2.27. The van der Waals surface area contributed by atoms with Crippen molar-refractivity contribution in [2.45, 2.75) is 65.0 Å². The molecule has 4 heteroatoms. The van der Waals surface area contributed by atoms with E-state index in [0.717, 1.165) is 44.4 Å². The number of nitrogens with one attached hydrogen (secondary N) is 1. The van der Waals surface area contributed by atoms with Gasteiger partial charge in [0.15, 0.2) is 0 Å². The molecule has 0 radical (unpaired) electrons. The summed E-state index contributed by atoms with van der Waals surface area (Å²) >= 11 is 0. The molecule has 116 valence electrons. The molecule has 1 aliphatic carbocycles. The van der Waals surface area contributed by atoms with Gasteiger partial charge in [-0.15, -0.1) is 0 Å². The second-order valence-electron chi connectivity index (χ2n) is 7.59. The topological polar surface area (TPSA) is 41.6 Å². The van der Waals surface area contributed by atoms with Gasteiger partial charge in [-0.1, -0.05) is 6.92 Å². The number of carbonyl (C=O) groups is 1. The van der Waals surface area contributed by atoms with E-state index in [1.54, 1.807) is 0 Å². The maximum absolute atomic E-state index is 12.0. The van der Waals surface area contributed by atoms with Crippen molar-refractivity contribution in [3.05, 3.63) is 0 Å². The Labute approximate surface area is 123 Å². The molecule has 1 saturated heterocycles. The molecule has 20 heavy (non-hydrogen) atoms. The lowest BCUT2D eigenvalue weighted by molar-refractivity contribution is 0.0181. The lowest BCUT2D eigenvalue weighted by Gasteiger charge is -2.37. The zero-order valence-corrected chi connectivity index (χ0v) is 13.4. The number of ether oxygens (including phenoxy) is 1. The third kappa shape index (κ3) is 4.65. The van der Waals surface area contributed by atoms with Gasteiger partial charge in [0.05, 0.1) is 0 Å². The monoisotopic (exact) mass is 282 g/mol. The summed E-state index contributed by atoms with van der Waals surface area (Å²) in [4.78, 5) is 13.8. The summed E-state index contributed by atoms with van der Waals surface area (Å²) in [5.74, 6) is 1.62. The van der Waals surface area contributed by atoms with E-state index in [4.69, 9.17) is 4.74 Å². The molecule has 0 aromatic heterocycles. The zero-order valence-electron chi connectivity index (χ0n) is 13.4. The van der Waals surface area contributed by atoms with Crippen molar-refractivity contribution < 1.29 is 9.53 Å². The first-order valence-electron chi connectivity index (χ1n) is 8.05. The molecule has 2 rings (SSSR count). The van der Waals surface area contributed by atoms with Gasteiger partial charge in [-0.25, -0.2) is 4.79 Å². The summed E-state index contributed by atoms with van der Waals surface area (Å²) in [6, 6.07) is 0.744. The smallest absolute Gasteiger partial charge is 0.410 e. The van der Waals surface area contributed by atoms with Crippen molar-refractivity contribution in [1.82, 2.24) is 10.2 Å². The van der Waals surface area contributed by atoms with E-state index < -0.39 is 5.60 Å². The molecule has 2 fully saturated rings. The molecule has 4 nitrogen and oxygen atoms in total. The summed E-state index contributed by atoms with van der Waals surface area (Å²) in [7, 11) is 0.